The maximum absolute atomic E-state index is 12.8. The number of amides is 1. The van der Waals surface area contributed by atoms with E-state index in [0.29, 0.717) is 30.2 Å². The first kappa shape index (κ1) is 18.4. The van der Waals surface area contributed by atoms with E-state index in [1.54, 1.807) is 0 Å². The molecule has 1 saturated carbocycles. The number of nitrogens with zero attached hydrogens (tertiary/aromatic N) is 3. The summed E-state index contributed by atoms with van der Waals surface area (Å²) in [7, 11) is 0. The zero-order valence-electron chi connectivity index (χ0n) is 15.8. The maximum atomic E-state index is 12.8. The normalized spacial score (nSPS) is 23.0. The Labute approximate surface area is 153 Å². The minimum Gasteiger partial charge on any atom is -0.457 e. The average Bonchev–Trinajstić information content (AvgIpc) is 2.97. The van der Waals surface area contributed by atoms with E-state index in [9.17, 15) is 9.59 Å². The highest BCUT2D eigenvalue weighted by Crippen LogP contribution is 2.33. The van der Waals surface area contributed by atoms with E-state index < -0.39 is 5.54 Å². The van der Waals surface area contributed by atoms with Crippen LogP contribution in [0.25, 0.3) is 5.78 Å². The highest BCUT2D eigenvalue weighted by atomic mass is 16.5. The molecule has 0 aromatic carbocycles. The van der Waals surface area contributed by atoms with Crippen LogP contribution in [0.2, 0.25) is 0 Å². The van der Waals surface area contributed by atoms with Crippen LogP contribution in [0.5, 0.6) is 0 Å². The van der Waals surface area contributed by atoms with E-state index in [4.69, 9.17) is 4.74 Å². The summed E-state index contributed by atoms with van der Waals surface area (Å²) < 4.78 is 7.43. The summed E-state index contributed by atoms with van der Waals surface area (Å²) in [6.45, 7) is 7.57. The summed E-state index contributed by atoms with van der Waals surface area (Å²) in [5.41, 5.74) is 1.64. The molecular formula is C19H26N4O3. The molecule has 0 atom stereocenters. The highest BCUT2D eigenvalue weighted by molar-refractivity contribution is 5.87. The van der Waals surface area contributed by atoms with Crippen molar-refractivity contribution in [1.29, 1.82) is 0 Å². The molecule has 7 heteroatoms. The first-order valence-corrected chi connectivity index (χ1v) is 9.07. The third kappa shape index (κ3) is 3.71. The van der Waals surface area contributed by atoms with Gasteiger partial charge in [0.05, 0.1) is 5.69 Å². The number of esters is 1. The fourth-order valence-corrected chi connectivity index (χ4v) is 3.64. The van der Waals surface area contributed by atoms with Gasteiger partial charge >= 0.3 is 5.97 Å². The Morgan fingerprint density at radius 3 is 2.65 bits per heavy atom. The molecule has 1 fully saturated rings. The quantitative estimate of drug-likeness (QED) is 0.849. The van der Waals surface area contributed by atoms with Gasteiger partial charge in [0.2, 0.25) is 11.7 Å². The highest BCUT2D eigenvalue weighted by Gasteiger charge is 2.43. The number of aryl methyl sites for hydroxylation is 2. The summed E-state index contributed by atoms with van der Waals surface area (Å²) in [5, 5.41) is 2.84. The van der Waals surface area contributed by atoms with Gasteiger partial charge in [-0.15, -0.1) is 0 Å². The Hall–Kier alpha value is -2.44. The number of nitrogens with one attached hydrogen (secondary N) is 1. The summed E-state index contributed by atoms with van der Waals surface area (Å²) >= 11 is 0. The second kappa shape index (κ2) is 7.05. The van der Waals surface area contributed by atoms with E-state index >= 15 is 0 Å². The number of carbonyl (C=O) groups excluding carboxylic acids is 2. The number of carbonyl (C=O) groups is 2. The number of hydrogen-bond donors (Lipinski definition) is 1. The summed E-state index contributed by atoms with van der Waals surface area (Å²) in [5.74, 6) is 0.564. The number of hydrogen-bond acceptors (Lipinski definition) is 5. The van der Waals surface area contributed by atoms with Crippen LogP contribution in [-0.2, 0) is 20.9 Å². The Bertz CT molecular complexity index is 835. The van der Waals surface area contributed by atoms with E-state index in [0.717, 1.165) is 24.2 Å². The van der Waals surface area contributed by atoms with Crippen LogP contribution in [0, 0.1) is 19.8 Å². The SMILES string of the molecule is CC(=O)NC1(C(=O)OCc2cn3c(C)cc(C)nc3n2)CCC(C)CC1. The van der Waals surface area contributed by atoms with Crippen LogP contribution in [0.1, 0.15) is 56.6 Å². The first-order chi connectivity index (χ1) is 12.3. The molecule has 26 heavy (non-hydrogen) atoms. The first-order valence-electron chi connectivity index (χ1n) is 9.07. The zero-order chi connectivity index (χ0) is 18.9. The van der Waals surface area contributed by atoms with E-state index in [1.165, 1.54) is 6.92 Å². The predicted octanol–water partition coefficient (Wildman–Crippen LogP) is 2.47. The molecule has 1 aliphatic carbocycles. The third-order valence-electron chi connectivity index (χ3n) is 5.10. The minimum atomic E-state index is -0.914. The van der Waals surface area contributed by atoms with Crippen LogP contribution in [-0.4, -0.2) is 31.8 Å². The van der Waals surface area contributed by atoms with Gasteiger partial charge in [-0.3, -0.25) is 9.20 Å². The minimum absolute atomic E-state index is 0.0670. The van der Waals surface area contributed by atoms with Crippen LogP contribution in [0.15, 0.2) is 12.3 Å². The molecule has 0 unspecified atom stereocenters. The van der Waals surface area contributed by atoms with E-state index in [1.807, 2.05) is 30.5 Å². The fourth-order valence-electron chi connectivity index (χ4n) is 3.64. The van der Waals surface area contributed by atoms with Gasteiger partial charge in [0.1, 0.15) is 12.1 Å². The van der Waals surface area contributed by atoms with Crippen molar-refractivity contribution in [2.24, 2.45) is 5.92 Å². The van der Waals surface area contributed by atoms with Crippen LogP contribution in [0.4, 0.5) is 0 Å². The van der Waals surface area contributed by atoms with E-state index in [2.05, 4.69) is 22.2 Å². The molecule has 2 aromatic heterocycles. The molecule has 140 valence electrons. The molecule has 0 saturated heterocycles. The van der Waals surface area contributed by atoms with Gasteiger partial charge in [0.15, 0.2) is 0 Å². The second-order valence-corrected chi connectivity index (χ2v) is 7.46. The van der Waals surface area contributed by atoms with Crippen LogP contribution in [0.3, 0.4) is 0 Å². The van der Waals surface area contributed by atoms with Crippen molar-refractivity contribution in [1.82, 2.24) is 19.7 Å². The lowest BCUT2D eigenvalue weighted by Crippen LogP contribution is -2.56. The number of fused-ring (bicyclic) bond motifs is 1. The van der Waals surface area contributed by atoms with Crippen molar-refractivity contribution < 1.29 is 14.3 Å². The molecule has 2 heterocycles. The van der Waals surface area contributed by atoms with Crippen molar-refractivity contribution in [3.63, 3.8) is 0 Å². The van der Waals surface area contributed by atoms with Crippen LogP contribution >= 0.6 is 0 Å². The smallest absolute Gasteiger partial charge is 0.332 e. The van der Waals surface area contributed by atoms with Gasteiger partial charge in [-0.2, -0.15) is 0 Å². The molecule has 0 spiro atoms. The molecule has 1 N–H and O–H groups in total. The summed E-state index contributed by atoms with van der Waals surface area (Å²) in [6.07, 6.45) is 4.84. The van der Waals surface area contributed by atoms with Gasteiger partial charge in [-0.05, 0) is 51.5 Å². The summed E-state index contributed by atoms with van der Waals surface area (Å²) in [4.78, 5) is 33.2. The second-order valence-electron chi connectivity index (χ2n) is 7.46. The topological polar surface area (TPSA) is 85.6 Å². The lowest BCUT2D eigenvalue weighted by atomic mass is 9.77. The van der Waals surface area contributed by atoms with Gasteiger partial charge in [0.25, 0.3) is 0 Å². The standard InChI is InChI=1S/C19H26N4O3/c1-12-5-7-19(8-6-12,22-15(4)24)17(25)26-11-16-10-23-14(3)9-13(2)20-18(23)21-16/h9-10,12H,5-8,11H2,1-4H3,(H,22,24). The number of aromatic nitrogens is 3. The average molecular weight is 358 g/mol. The van der Waals surface area contributed by atoms with Crippen molar-refractivity contribution in [3.8, 4) is 0 Å². The number of ether oxygens (including phenoxy) is 1. The molecule has 3 rings (SSSR count). The lowest BCUT2D eigenvalue weighted by Gasteiger charge is -2.37. The number of imidazole rings is 1. The van der Waals surface area contributed by atoms with E-state index in [-0.39, 0.29) is 18.5 Å². The predicted molar refractivity (Wildman–Crippen MR) is 96.4 cm³/mol. The van der Waals surface area contributed by atoms with Gasteiger partial charge in [-0.1, -0.05) is 6.92 Å². The Kier molecular flexibility index (Phi) is 4.98. The fraction of sp³-hybridized carbons (Fsp3) is 0.579. The molecule has 0 radical (unpaired) electrons. The molecule has 7 nitrogen and oxygen atoms in total. The van der Waals surface area contributed by atoms with Crippen LogP contribution < -0.4 is 5.32 Å². The third-order valence-corrected chi connectivity index (χ3v) is 5.10. The largest absolute Gasteiger partial charge is 0.457 e. The van der Waals surface area contributed by atoms with Crippen molar-refractivity contribution in [2.75, 3.05) is 0 Å². The molecule has 2 aromatic rings. The van der Waals surface area contributed by atoms with Crippen molar-refractivity contribution in [3.05, 3.63) is 29.3 Å². The Morgan fingerprint density at radius 1 is 1.31 bits per heavy atom. The number of rotatable bonds is 4. The monoisotopic (exact) mass is 358 g/mol. The molecule has 1 amide bonds. The Balaban J connectivity index is 1.74. The van der Waals surface area contributed by atoms with Gasteiger partial charge in [0, 0.05) is 24.5 Å². The van der Waals surface area contributed by atoms with Gasteiger partial charge in [-0.25, -0.2) is 14.8 Å². The Morgan fingerprint density at radius 2 is 2.00 bits per heavy atom. The maximum Gasteiger partial charge on any atom is 0.332 e. The molecule has 1 aliphatic rings. The van der Waals surface area contributed by atoms with Crippen molar-refractivity contribution in [2.45, 2.75) is 65.5 Å². The lowest BCUT2D eigenvalue weighted by molar-refractivity contribution is -0.157. The zero-order valence-corrected chi connectivity index (χ0v) is 15.8. The molecule has 0 aliphatic heterocycles. The van der Waals surface area contributed by atoms with Crippen molar-refractivity contribution >= 4 is 17.7 Å². The summed E-state index contributed by atoms with van der Waals surface area (Å²) in [6, 6.07) is 1.97. The molecule has 0 bridgehead atoms. The van der Waals surface area contributed by atoms with Gasteiger partial charge < -0.3 is 10.1 Å². The molecular weight excluding hydrogens is 332 g/mol.